The first-order valence-corrected chi connectivity index (χ1v) is 9.51. The Labute approximate surface area is 169 Å². The third kappa shape index (κ3) is 4.27. The van der Waals surface area contributed by atoms with Crippen LogP contribution < -0.4 is 10.1 Å². The van der Waals surface area contributed by atoms with Gasteiger partial charge in [0.1, 0.15) is 17.1 Å². The Hall–Kier alpha value is -3.67. The molecule has 2 aromatic carbocycles. The van der Waals surface area contributed by atoms with Crippen molar-refractivity contribution in [2.75, 3.05) is 13.7 Å². The Morgan fingerprint density at radius 3 is 2.59 bits per heavy atom. The molecule has 2 aromatic heterocycles. The Balaban J connectivity index is 1.46. The van der Waals surface area contributed by atoms with E-state index in [-0.39, 0.29) is 5.91 Å². The molecule has 1 amide bonds. The van der Waals surface area contributed by atoms with Gasteiger partial charge in [-0.2, -0.15) is 0 Å². The van der Waals surface area contributed by atoms with E-state index in [0.717, 1.165) is 33.9 Å². The Kier molecular flexibility index (Phi) is 5.52. The minimum absolute atomic E-state index is 0.0196. The van der Waals surface area contributed by atoms with Gasteiger partial charge in [0.15, 0.2) is 5.65 Å². The van der Waals surface area contributed by atoms with Crippen LogP contribution in [0.15, 0.2) is 72.9 Å². The highest BCUT2D eigenvalue weighted by atomic mass is 16.5. The van der Waals surface area contributed by atoms with E-state index in [2.05, 4.69) is 14.9 Å². The molecule has 1 N–H and O–H groups in total. The number of carbonyl (C=O) groups excluding carboxylic acids is 1. The lowest BCUT2D eigenvalue weighted by Gasteiger charge is -2.10. The van der Waals surface area contributed by atoms with E-state index in [0.29, 0.717) is 19.5 Å². The number of benzene rings is 2. The predicted octanol–water partition coefficient (Wildman–Crippen LogP) is 3.47. The van der Waals surface area contributed by atoms with E-state index in [9.17, 15) is 4.79 Å². The first-order chi connectivity index (χ1) is 14.2. The molecule has 6 heteroatoms. The number of aromatic nitrogens is 3. The third-order valence-corrected chi connectivity index (χ3v) is 4.72. The molecular weight excluding hydrogens is 364 g/mol. The molecule has 29 heavy (non-hydrogen) atoms. The van der Waals surface area contributed by atoms with Gasteiger partial charge in [-0.15, -0.1) is 0 Å². The zero-order chi connectivity index (χ0) is 20.1. The van der Waals surface area contributed by atoms with Crippen molar-refractivity contribution in [3.05, 3.63) is 78.5 Å². The molecule has 0 saturated heterocycles. The summed E-state index contributed by atoms with van der Waals surface area (Å²) < 4.78 is 7.20. The SMILES string of the molecule is COc1ccc(CC(=O)NCCn2c(-c3ccccc3)nc3cccnc32)cc1. The summed E-state index contributed by atoms with van der Waals surface area (Å²) in [4.78, 5) is 21.6. The molecule has 146 valence electrons. The third-order valence-electron chi connectivity index (χ3n) is 4.72. The van der Waals surface area contributed by atoms with Crippen LogP contribution in [0.5, 0.6) is 5.75 Å². The fourth-order valence-electron chi connectivity index (χ4n) is 3.28. The van der Waals surface area contributed by atoms with E-state index >= 15 is 0 Å². The number of ether oxygens (including phenoxy) is 1. The standard InChI is InChI=1S/C23H22N4O2/c1-29-19-11-9-17(10-12-19)16-21(28)24-14-15-27-22(18-6-3-2-4-7-18)26-20-8-5-13-25-23(20)27/h2-13H,14-16H2,1H3,(H,24,28). The van der Waals surface area contributed by atoms with Crippen LogP contribution in [0.1, 0.15) is 5.56 Å². The monoisotopic (exact) mass is 386 g/mol. The fourth-order valence-corrected chi connectivity index (χ4v) is 3.28. The van der Waals surface area contributed by atoms with Crippen LogP contribution in [0.4, 0.5) is 0 Å². The molecule has 0 unspecified atom stereocenters. The molecule has 0 aliphatic rings. The minimum Gasteiger partial charge on any atom is -0.497 e. The average Bonchev–Trinajstić information content (AvgIpc) is 3.14. The summed E-state index contributed by atoms with van der Waals surface area (Å²) in [6.45, 7) is 1.09. The number of methoxy groups -OCH3 is 1. The summed E-state index contributed by atoms with van der Waals surface area (Å²) in [6.07, 6.45) is 2.09. The van der Waals surface area contributed by atoms with Crippen LogP contribution >= 0.6 is 0 Å². The fraction of sp³-hybridized carbons (Fsp3) is 0.174. The van der Waals surface area contributed by atoms with Gasteiger partial charge in [-0.1, -0.05) is 42.5 Å². The van der Waals surface area contributed by atoms with Crippen LogP contribution in [-0.4, -0.2) is 34.1 Å². The van der Waals surface area contributed by atoms with E-state index in [1.807, 2.05) is 66.7 Å². The second-order valence-corrected chi connectivity index (χ2v) is 6.67. The Morgan fingerprint density at radius 1 is 1.03 bits per heavy atom. The van der Waals surface area contributed by atoms with Gasteiger partial charge in [0, 0.05) is 24.8 Å². The molecule has 4 rings (SSSR count). The average molecular weight is 386 g/mol. The van der Waals surface area contributed by atoms with Gasteiger partial charge in [0.25, 0.3) is 0 Å². The molecule has 6 nitrogen and oxygen atoms in total. The molecule has 0 atom stereocenters. The van der Waals surface area contributed by atoms with E-state index in [1.165, 1.54) is 0 Å². The molecule has 0 bridgehead atoms. The number of amides is 1. The van der Waals surface area contributed by atoms with Crippen molar-refractivity contribution in [1.82, 2.24) is 19.9 Å². The van der Waals surface area contributed by atoms with Crippen molar-refractivity contribution < 1.29 is 9.53 Å². The summed E-state index contributed by atoms with van der Waals surface area (Å²) in [7, 11) is 1.63. The number of fused-ring (bicyclic) bond motifs is 1. The number of pyridine rings is 1. The van der Waals surface area contributed by atoms with Crippen molar-refractivity contribution >= 4 is 17.1 Å². The summed E-state index contributed by atoms with van der Waals surface area (Å²) in [5.41, 5.74) is 3.63. The zero-order valence-electron chi connectivity index (χ0n) is 16.2. The van der Waals surface area contributed by atoms with Crippen LogP contribution in [-0.2, 0) is 17.8 Å². The molecule has 4 aromatic rings. The van der Waals surface area contributed by atoms with Crippen molar-refractivity contribution in [2.24, 2.45) is 0 Å². The first-order valence-electron chi connectivity index (χ1n) is 9.51. The normalized spacial score (nSPS) is 10.8. The van der Waals surface area contributed by atoms with E-state index in [1.54, 1.807) is 13.3 Å². The summed E-state index contributed by atoms with van der Waals surface area (Å²) in [6, 6.07) is 21.4. The molecule has 0 aliphatic carbocycles. The molecule has 0 fully saturated rings. The van der Waals surface area contributed by atoms with Crippen molar-refractivity contribution in [3.8, 4) is 17.1 Å². The van der Waals surface area contributed by atoms with E-state index < -0.39 is 0 Å². The number of nitrogens with zero attached hydrogens (tertiary/aromatic N) is 3. The highest BCUT2D eigenvalue weighted by Gasteiger charge is 2.13. The lowest BCUT2D eigenvalue weighted by molar-refractivity contribution is -0.120. The van der Waals surface area contributed by atoms with Gasteiger partial charge in [-0.3, -0.25) is 4.79 Å². The number of nitrogens with one attached hydrogen (secondary N) is 1. The largest absolute Gasteiger partial charge is 0.497 e. The van der Waals surface area contributed by atoms with E-state index in [4.69, 9.17) is 9.72 Å². The Bertz CT molecular complexity index is 1100. The quantitative estimate of drug-likeness (QED) is 0.528. The second kappa shape index (κ2) is 8.56. The van der Waals surface area contributed by atoms with Crippen LogP contribution in [0.3, 0.4) is 0 Å². The highest BCUT2D eigenvalue weighted by Crippen LogP contribution is 2.23. The van der Waals surface area contributed by atoms with Gasteiger partial charge < -0.3 is 14.6 Å². The van der Waals surface area contributed by atoms with Gasteiger partial charge >= 0.3 is 0 Å². The maximum absolute atomic E-state index is 12.3. The summed E-state index contributed by atoms with van der Waals surface area (Å²) in [5.74, 6) is 1.61. The van der Waals surface area contributed by atoms with Gasteiger partial charge in [0.05, 0.1) is 13.5 Å². The first kappa shape index (κ1) is 18.7. The van der Waals surface area contributed by atoms with Crippen molar-refractivity contribution in [1.29, 1.82) is 0 Å². The maximum atomic E-state index is 12.3. The molecule has 0 aliphatic heterocycles. The summed E-state index contributed by atoms with van der Waals surface area (Å²) in [5, 5.41) is 2.99. The van der Waals surface area contributed by atoms with Crippen molar-refractivity contribution in [2.45, 2.75) is 13.0 Å². The van der Waals surface area contributed by atoms with Gasteiger partial charge in [-0.25, -0.2) is 9.97 Å². The lowest BCUT2D eigenvalue weighted by Crippen LogP contribution is -2.28. The molecule has 0 radical (unpaired) electrons. The van der Waals surface area contributed by atoms with Gasteiger partial charge in [-0.05, 0) is 29.8 Å². The summed E-state index contributed by atoms with van der Waals surface area (Å²) >= 11 is 0. The van der Waals surface area contributed by atoms with Crippen LogP contribution in [0.25, 0.3) is 22.6 Å². The molecule has 2 heterocycles. The zero-order valence-corrected chi connectivity index (χ0v) is 16.2. The van der Waals surface area contributed by atoms with Crippen LogP contribution in [0.2, 0.25) is 0 Å². The molecule has 0 saturated carbocycles. The smallest absolute Gasteiger partial charge is 0.224 e. The van der Waals surface area contributed by atoms with Crippen LogP contribution in [0, 0.1) is 0 Å². The topological polar surface area (TPSA) is 69.0 Å². The molecular formula is C23H22N4O2. The number of imidazole rings is 1. The highest BCUT2D eigenvalue weighted by molar-refractivity contribution is 5.79. The Morgan fingerprint density at radius 2 is 1.83 bits per heavy atom. The van der Waals surface area contributed by atoms with Crippen molar-refractivity contribution in [3.63, 3.8) is 0 Å². The maximum Gasteiger partial charge on any atom is 0.224 e. The number of hydrogen-bond donors (Lipinski definition) is 1. The number of hydrogen-bond acceptors (Lipinski definition) is 4. The lowest BCUT2D eigenvalue weighted by atomic mass is 10.1. The predicted molar refractivity (Wildman–Crippen MR) is 113 cm³/mol. The minimum atomic E-state index is -0.0196. The molecule has 0 spiro atoms. The second-order valence-electron chi connectivity index (χ2n) is 6.67. The van der Waals surface area contributed by atoms with Gasteiger partial charge in [0.2, 0.25) is 5.91 Å². The number of rotatable bonds is 7. The number of carbonyl (C=O) groups is 1.